The van der Waals surface area contributed by atoms with E-state index in [9.17, 15) is 5.11 Å². The third-order valence-electron chi connectivity index (χ3n) is 3.29. The lowest BCUT2D eigenvalue weighted by Gasteiger charge is -2.22. The minimum Gasteiger partial charge on any atom is -0.467 e. The van der Waals surface area contributed by atoms with Crippen LogP contribution in [0.4, 0.5) is 0 Å². The van der Waals surface area contributed by atoms with E-state index in [1.54, 1.807) is 18.4 Å². The third-order valence-corrected chi connectivity index (χ3v) is 3.53. The van der Waals surface area contributed by atoms with E-state index in [1.807, 2.05) is 43.1 Å². The number of aliphatic hydroxyl groups excluding tert-OH is 1. The zero-order valence-corrected chi connectivity index (χ0v) is 16.9. The van der Waals surface area contributed by atoms with Crippen LogP contribution in [0.15, 0.2) is 52.1 Å². The van der Waals surface area contributed by atoms with Crippen molar-refractivity contribution in [3.8, 4) is 0 Å². The number of rotatable bonds is 6. The van der Waals surface area contributed by atoms with E-state index in [2.05, 4.69) is 10.3 Å². The van der Waals surface area contributed by atoms with Gasteiger partial charge in [0.15, 0.2) is 5.96 Å². The van der Waals surface area contributed by atoms with Gasteiger partial charge in [-0.1, -0.05) is 23.7 Å². The van der Waals surface area contributed by atoms with Crippen molar-refractivity contribution in [3.05, 3.63) is 59.0 Å². The fraction of sp³-hybridized carbons (Fsp3) is 0.353. The van der Waals surface area contributed by atoms with Gasteiger partial charge < -0.3 is 19.7 Å². The monoisotopic (exact) mass is 463 g/mol. The molecule has 0 aliphatic rings. The van der Waals surface area contributed by atoms with Crippen LogP contribution >= 0.6 is 35.6 Å². The van der Waals surface area contributed by atoms with Crippen LogP contribution in [0, 0.1) is 0 Å². The Kier molecular flexibility index (Phi) is 9.17. The van der Waals surface area contributed by atoms with E-state index < -0.39 is 6.10 Å². The zero-order chi connectivity index (χ0) is 16.7. The van der Waals surface area contributed by atoms with Crippen molar-refractivity contribution in [2.45, 2.75) is 19.6 Å². The molecule has 0 aliphatic carbocycles. The minimum atomic E-state index is -0.752. The standard InChI is InChI=1S/C17H22ClN3O2.HI/c1-3-19-17(20-11-15(22)16-8-5-9-23-16)21(2)12-13-6-4-7-14(18)10-13;/h4-10,15,22H,3,11-12H2,1-2H3,(H,19,20);1H. The van der Waals surface area contributed by atoms with Crippen LogP contribution in [0.2, 0.25) is 5.02 Å². The molecule has 7 heteroatoms. The molecular weight excluding hydrogens is 441 g/mol. The number of nitrogens with zero attached hydrogens (tertiary/aromatic N) is 2. The Morgan fingerprint density at radius 1 is 1.38 bits per heavy atom. The molecule has 0 bridgehead atoms. The van der Waals surface area contributed by atoms with Gasteiger partial charge in [0.25, 0.3) is 0 Å². The topological polar surface area (TPSA) is 61.0 Å². The van der Waals surface area contributed by atoms with E-state index >= 15 is 0 Å². The highest BCUT2D eigenvalue weighted by molar-refractivity contribution is 14.0. The van der Waals surface area contributed by atoms with Crippen molar-refractivity contribution in [1.82, 2.24) is 10.2 Å². The summed E-state index contributed by atoms with van der Waals surface area (Å²) in [6, 6.07) is 11.2. The second-order valence-electron chi connectivity index (χ2n) is 5.21. The van der Waals surface area contributed by atoms with Gasteiger partial charge >= 0.3 is 0 Å². The number of benzene rings is 1. The summed E-state index contributed by atoms with van der Waals surface area (Å²) in [4.78, 5) is 6.47. The lowest BCUT2D eigenvalue weighted by atomic mass is 10.2. The summed E-state index contributed by atoms with van der Waals surface area (Å²) >= 11 is 6.02. The van der Waals surface area contributed by atoms with Gasteiger partial charge in [0, 0.05) is 25.2 Å². The summed E-state index contributed by atoms with van der Waals surface area (Å²) < 4.78 is 5.19. The first-order valence-electron chi connectivity index (χ1n) is 7.55. The van der Waals surface area contributed by atoms with E-state index in [1.165, 1.54) is 0 Å². The molecule has 0 spiro atoms. The van der Waals surface area contributed by atoms with Crippen LogP contribution in [0.25, 0.3) is 0 Å². The largest absolute Gasteiger partial charge is 0.467 e. The zero-order valence-electron chi connectivity index (χ0n) is 13.8. The van der Waals surface area contributed by atoms with Crippen LogP contribution in [-0.2, 0) is 6.54 Å². The van der Waals surface area contributed by atoms with Crippen LogP contribution in [0.3, 0.4) is 0 Å². The average Bonchev–Trinajstić information content (AvgIpc) is 3.05. The van der Waals surface area contributed by atoms with Gasteiger partial charge in [-0.15, -0.1) is 24.0 Å². The number of hydrogen-bond donors (Lipinski definition) is 2. The molecule has 0 radical (unpaired) electrons. The summed E-state index contributed by atoms with van der Waals surface area (Å²) in [6.07, 6.45) is 0.789. The minimum absolute atomic E-state index is 0. The fourth-order valence-corrected chi connectivity index (χ4v) is 2.41. The summed E-state index contributed by atoms with van der Waals surface area (Å²) in [7, 11) is 1.95. The molecule has 0 aliphatic heterocycles. The highest BCUT2D eigenvalue weighted by atomic mass is 127. The molecule has 2 rings (SSSR count). The third kappa shape index (κ3) is 6.33. The van der Waals surface area contributed by atoms with Crippen molar-refractivity contribution < 1.29 is 9.52 Å². The number of guanidine groups is 1. The second-order valence-corrected chi connectivity index (χ2v) is 5.65. The molecule has 0 amide bonds. The summed E-state index contributed by atoms with van der Waals surface area (Å²) in [6.45, 7) is 3.65. The molecule has 1 aromatic heterocycles. The number of nitrogens with one attached hydrogen (secondary N) is 1. The molecule has 2 N–H and O–H groups in total. The Morgan fingerprint density at radius 3 is 2.79 bits per heavy atom. The van der Waals surface area contributed by atoms with Crippen molar-refractivity contribution in [3.63, 3.8) is 0 Å². The second kappa shape index (κ2) is 10.6. The van der Waals surface area contributed by atoms with Crippen molar-refractivity contribution in [2.24, 2.45) is 4.99 Å². The first-order chi connectivity index (χ1) is 11.1. The highest BCUT2D eigenvalue weighted by Gasteiger charge is 2.12. The molecule has 0 saturated heterocycles. The van der Waals surface area contributed by atoms with Gasteiger partial charge in [0.2, 0.25) is 0 Å². The number of furan rings is 1. The Bertz CT molecular complexity index is 635. The molecule has 0 saturated carbocycles. The van der Waals surface area contributed by atoms with Crippen molar-refractivity contribution >= 4 is 41.5 Å². The SMILES string of the molecule is CCNC(=NCC(O)c1ccco1)N(C)Cc1cccc(Cl)c1.I. The maximum absolute atomic E-state index is 10.1. The van der Waals surface area contributed by atoms with Crippen LogP contribution in [-0.4, -0.2) is 36.1 Å². The number of aliphatic imine (C=N–C) groups is 1. The van der Waals surface area contributed by atoms with E-state index in [4.69, 9.17) is 16.0 Å². The number of hydrogen-bond acceptors (Lipinski definition) is 3. The molecule has 5 nitrogen and oxygen atoms in total. The van der Waals surface area contributed by atoms with Crippen molar-refractivity contribution in [1.29, 1.82) is 0 Å². The summed E-state index contributed by atoms with van der Waals surface area (Å²) in [5.41, 5.74) is 1.09. The number of halogens is 2. The Morgan fingerprint density at radius 2 is 2.17 bits per heavy atom. The molecule has 1 atom stereocenters. The molecular formula is C17H23ClIN3O2. The van der Waals surface area contributed by atoms with Gasteiger partial charge in [-0.2, -0.15) is 0 Å². The fourth-order valence-electron chi connectivity index (χ4n) is 2.20. The Labute approximate surface area is 164 Å². The van der Waals surface area contributed by atoms with E-state index in [-0.39, 0.29) is 30.5 Å². The van der Waals surface area contributed by atoms with Gasteiger partial charge in [-0.05, 0) is 36.8 Å². The maximum Gasteiger partial charge on any atom is 0.194 e. The van der Waals surface area contributed by atoms with Gasteiger partial charge in [0.05, 0.1) is 12.8 Å². The predicted molar refractivity (Wildman–Crippen MR) is 108 cm³/mol. The lowest BCUT2D eigenvalue weighted by Crippen LogP contribution is -2.38. The van der Waals surface area contributed by atoms with Gasteiger partial charge in [-0.3, -0.25) is 0 Å². The van der Waals surface area contributed by atoms with Crippen molar-refractivity contribution in [2.75, 3.05) is 20.1 Å². The van der Waals surface area contributed by atoms with Gasteiger partial charge in [-0.25, -0.2) is 4.99 Å². The summed E-state index contributed by atoms with van der Waals surface area (Å²) in [5, 5.41) is 14.0. The average molecular weight is 464 g/mol. The van der Waals surface area contributed by atoms with Gasteiger partial charge in [0.1, 0.15) is 11.9 Å². The number of aliphatic hydroxyl groups is 1. The predicted octanol–water partition coefficient (Wildman–Crippen LogP) is 3.68. The Hall–Kier alpha value is -1.25. The molecule has 132 valence electrons. The van der Waals surface area contributed by atoms with Crippen LogP contribution in [0.1, 0.15) is 24.4 Å². The molecule has 1 heterocycles. The summed E-state index contributed by atoms with van der Waals surface area (Å²) in [5.74, 6) is 1.24. The lowest BCUT2D eigenvalue weighted by molar-refractivity contribution is 0.158. The van der Waals surface area contributed by atoms with Crippen LogP contribution < -0.4 is 5.32 Å². The Balaban J connectivity index is 0.00000288. The highest BCUT2D eigenvalue weighted by Crippen LogP contribution is 2.14. The maximum atomic E-state index is 10.1. The molecule has 1 unspecified atom stereocenters. The normalized spacial score (nSPS) is 12.4. The molecule has 0 fully saturated rings. The van der Waals surface area contributed by atoms with E-state index in [0.717, 1.165) is 18.1 Å². The first-order valence-corrected chi connectivity index (χ1v) is 7.93. The smallest absolute Gasteiger partial charge is 0.194 e. The first kappa shape index (κ1) is 20.8. The molecule has 1 aromatic carbocycles. The molecule has 2 aromatic rings. The molecule has 24 heavy (non-hydrogen) atoms. The quantitative estimate of drug-likeness (QED) is 0.390. The van der Waals surface area contributed by atoms with E-state index in [0.29, 0.717) is 17.3 Å². The van der Waals surface area contributed by atoms with Crippen LogP contribution in [0.5, 0.6) is 0 Å².